The van der Waals surface area contributed by atoms with Gasteiger partial charge >= 0.3 is 36.1 Å². The minimum Gasteiger partial charge on any atom is -0.460 e. The van der Waals surface area contributed by atoms with Gasteiger partial charge in [0.1, 0.15) is 50.7 Å². The van der Waals surface area contributed by atoms with Crippen LogP contribution in [0.1, 0.15) is 26.7 Å². The van der Waals surface area contributed by atoms with Crippen LogP contribution in [-0.2, 0) is 61.2 Å². The molecule has 55 heavy (non-hydrogen) atoms. The number of hydrogen-bond acceptors (Lipinski definition) is 15. The largest absolute Gasteiger partial charge is 0.460 e. The van der Waals surface area contributed by atoms with Crippen LogP contribution in [0.5, 0.6) is 0 Å². The van der Waals surface area contributed by atoms with Crippen molar-refractivity contribution in [1.29, 1.82) is 0 Å². The minimum atomic E-state index is -2.00. The summed E-state index contributed by atoms with van der Waals surface area (Å²) in [5.41, 5.74) is -2.51. The van der Waals surface area contributed by atoms with E-state index in [0.717, 1.165) is 49.2 Å². The summed E-state index contributed by atoms with van der Waals surface area (Å²) >= 11 is 0. The SMILES string of the molecule is C=CC(=O)OCC(C)(COC(=O)C=C)NC(=O)OCCOCCC[Si](C)(C)O[Si](C)(C)CCCOCCOC(=O)NC(C)(COC(=O)C=C)COC(=O)C=C. The highest BCUT2D eigenvalue weighted by atomic mass is 28.4. The standard InChI is InChI=1S/C36H60N2O15Si2/c1-11-29(39)49-25-35(5,26-50-30(40)12-2)37-33(43)47-21-19-45-17-15-23-54(7,8)53-55(9,10)24-16-18-46-20-22-48-34(44)38-36(6,27-51-31(41)13-3)28-52-32(42)14-4/h11-14H,1-4,15-28H2,5-10H3,(H,37,43)(H,38,44). The van der Waals surface area contributed by atoms with Crippen LogP contribution in [0.15, 0.2) is 50.6 Å². The van der Waals surface area contributed by atoms with Gasteiger partial charge in [-0.2, -0.15) is 0 Å². The van der Waals surface area contributed by atoms with Gasteiger partial charge in [-0.1, -0.05) is 26.3 Å². The second kappa shape index (κ2) is 26.5. The van der Waals surface area contributed by atoms with E-state index in [0.29, 0.717) is 13.2 Å². The first-order valence-electron chi connectivity index (χ1n) is 17.7. The van der Waals surface area contributed by atoms with Gasteiger partial charge in [0.15, 0.2) is 16.6 Å². The van der Waals surface area contributed by atoms with Gasteiger partial charge in [-0.15, -0.1) is 0 Å². The summed E-state index contributed by atoms with van der Waals surface area (Å²) in [5.74, 6) is -2.82. The van der Waals surface area contributed by atoms with Gasteiger partial charge in [-0.3, -0.25) is 0 Å². The third-order valence-corrected chi connectivity index (χ3v) is 14.8. The van der Waals surface area contributed by atoms with Crippen molar-refractivity contribution >= 4 is 52.7 Å². The Morgan fingerprint density at radius 2 is 0.782 bits per heavy atom. The van der Waals surface area contributed by atoms with E-state index in [1.54, 1.807) is 0 Å². The first-order chi connectivity index (χ1) is 25.7. The zero-order valence-corrected chi connectivity index (χ0v) is 35.2. The Morgan fingerprint density at radius 1 is 0.491 bits per heavy atom. The maximum Gasteiger partial charge on any atom is 0.407 e. The molecule has 0 fully saturated rings. The molecule has 2 N–H and O–H groups in total. The fraction of sp³-hybridized carbons (Fsp3) is 0.611. The van der Waals surface area contributed by atoms with Gasteiger partial charge < -0.3 is 52.6 Å². The molecule has 0 unspecified atom stereocenters. The second-order valence-electron chi connectivity index (χ2n) is 13.9. The average molecular weight is 817 g/mol. The van der Waals surface area contributed by atoms with Crippen molar-refractivity contribution in [3.05, 3.63) is 50.6 Å². The van der Waals surface area contributed by atoms with E-state index in [9.17, 15) is 28.8 Å². The molecule has 0 bridgehead atoms. The van der Waals surface area contributed by atoms with Crippen LogP contribution in [0, 0.1) is 0 Å². The molecule has 0 saturated carbocycles. The molecule has 0 saturated heterocycles. The molecule has 0 heterocycles. The molecule has 0 aliphatic heterocycles. The summed E-state index contributed by atoms with van der Waals surface area (Å²) in [6, 6.07) is 1.75. The van der Waals surface area contributed by atoms with Crippen molar-refractivity contribution in [1.82, 2.24) is 10.6 Å². The molecule has 312 valence electrons. The highest BCUT2D eigenvalue weighted by Gasteiger charge is 2.33. The fourth-order valence-corrected chi connectivity index (χ4v) is 13.4. The van der Waals surface area contributed by atoms with E-state index >= 15 is 0 Å². The molecule has 0 spiro atoms. The summed E-state index contributed by atoms with van der Waals surface area (Å²) in [7, 11) is -4.00. The van der Waals surface area contributed by atoms with Crippen molar-refractivity contribution in [3.63, 3.8) is 0 Å². The highest BCUT2D eigenvalue weighted by Crippen LogP contribution is 2.24. The summed E-state index contributed by atoms with van der Waals surface area (Å²) in [4.78, 5) is 70.7. The molecule has 0 atom stereocenters. The molecule has 17 nitrogen and oxygen atoms in total. The Balaban J connectivity index is 4.41. The number of amides is 2. The van der Waals surface area contributed by atoms with E-state index in [2.05, 4.69) is 63.1 Å². The molecular formula is C36H60N2O15Si2. The number of esters is 4. The molecule has 0 rings (SSSR count). The Labute approximate surface area is 326 Å². The van der Waals surface area contributed by atoms with Gasteiger partial charge in [0, 0.05) is 37.5 Å². The zero-order chi connectivity index (χ0) is 42.0. The lowest BCUT2D eigenvalue weighted by Crippen LogP contribution is -2.53. The van der Waals surface area contributed by atoms with Crippen LogP contribution in [0.3, 0.4) is 0 Å². The molecular weight excluding hydrogens is 757 g/mol. The van der Waals surface area contributed by atoms with Gasteiger partial charge in [-0.05, 0) is 65.0 Å². The zero-order valence-electron chi connectivity index (χ0n) is 33.2. The summed E-state index contributed by atoms with van der Waals surface area (Å²) < 4.78 is 48.4. The fourth-order valence-electron chi connectivity index (χ4n) is 4.59. The molecule has 0 aromatic rings. The van der Waals surface area contributed by atoms with E-state index < -0.39 is 63.8 Å². The average Bonchev–Trinajstić information content (AvgIpc) is 3.12. The minimum absolute atomic E-state index is 0.0249. The predicted molar refractivity (Wildman–Crippen MR) is 207 cm³/mol. The molecule has 0 aromatic heterocycles. The Morgan fingerprint density at radius 3 is 1.05 bits per heavy atom. The number of alkyl carbamates (subject to hydrolysis) is 2. The summed E-state index contributed by atoms with van der Waals surface area (Å²) in [5, 5.41) is 5.09. The van der Waals surface area contributed by atoms with Crippen LogP contribution in [-0.4, -0.2) is 130 Å². The first kappa shape index (κ1) is 50.7. The second-order valence-corrected chi connectivity index (χ2v) is 22.8. The Kier molecular flexibility index (Phi) is 24.4. The number of ether oxygens (including phenoxy) is 8. The maximum atomic E-state index is 12.4. The summed E-state index contributed by atoms with van der Waals surface area (Å²) in [6.07, 6.45) is 3.83. The quantitative estimate of drug-likeness (QED) is 0.0344. The highest BCUT2D eigenvalue weighted by molar-refractivity contribution is 6.84. The topological polar surface area (TPSA) is 210 Å². The van der Waals surface area contributed by atoms with Crippen molar-refractivity contribution in [2.75, 3.05) is 66.1 Å². The van der Waals surface area contributed by atoms with E-state index in [4.69, 9.17) is 42.0 Å². The van der Waals surface area contributed by atoms with Crippen molar-refractivity contribution in [2.24, 2.45) is 0 Å². The lowest BCUT2D eigenvalue weighted by atomic mass is 10.1. The number of carbonyl (C=O) groups excluding carboxylic acids is 6. The maximum absolute atomic E-state index is 12.4. The van der Waals surface area contributed by atoms with E-state index in [-0.39, 0.29) is 52.9 Å². The Bertz CT molecular complexity index is 1160. The van der Waals surface area contributed by atoms with Gasteiger partial charge in [0.05, 0.1) is 13.2 Å². The van der Waals surface area contributed by atoms with Crippen LogP contribution < -0.4 is 10.6 Å². The number of hydrogen-bond donors (Lipinski definition) is 2. The monoisotopic (exact) mass is 816 g/mol. The molecule has 19 heteroatoms. The number of rotatable bonds is 30. The lowest BCUT2D eigenvalue weighted by Gasteiger charge is -2.34. The van der Waals surface area contributed by atoms with Crippen LogP contribution in [0.4, 0.5) is 9.59 Å². The van der Waals surface area contributed by atoms with Crippen LogP contribution >= 0.6 is 0 Å². The van der Waals surface area contributed by atoms with Crippen molar-refractivity contribution in [2.45, 2.75) is 76.0 Å². The Hall–Kier alpha value is -4.31. The van der Waals surface area contributed by atoms with Gasteiger partial charge in [0.2, 0.25) is 0 Å². The normalized spacial score (nSPS) is 11.6. The smallest absolute Gasteiger partial charge is 0.407 e. The molecule has 2 amide bonds. The van der Waals surface area contributed by atoms with Gasteiger partial charge in [0.25, 0.3) is 0 Å². The molecule has 0 aromatic carbocycles. The summed E-state index contributed by atoms with van der Waals surface area (Å²) in [6.45, 7) is 25.0. The van der Waals surface area contributed by atoms with Crippen molar-refractivity contribution < 1.29 is 70.8 Å². The lowest BCUT2D eigenvalue weighted by molar-refractivity contribution is -0.146. The van der Waals surface area contributed by atoms with Crippen LogP contribution in [0.2, 0.25) is 38.3 Å². The molecule has 0 aliphatic rings. The third-order valence-electron chi connectivity index (χ3n) is 7.22. The third kappa shape index (κ3) is 26.2. The van der Waals surface area contributed by atoms with E-state index in [1.807, 2.05) is 0 Å². The predicted octanol–water partition coefficient (Wildman–Crippen LogP) is 4.11. The molecule has 0 aliphatic carbocycles. The number of nitrogens with one attached hydrogen (secondary N) is 2. The first-order valence-corrected chi connectivity index (χ1v) is 23.9. The van der Waals surface area contributed by atoms with Crippen molar-refractivity contribution in [3.8, 4) is 0 Å². The molecule has 0 radical (unpaired) electrons. The van der Waals surface area contributed by atoms with Crippen LogP contribution in [0.25, 0.3) is 0 Å². The van der Waals surface area contributed by atoms with E-state index in [1.165, 1.54) is 13.8 Å². The van der Waals surface area contributed by atoms with Gasteiger partial charge in [-0.25, -0.2) is 28.8 Å². The number of carbonyl (C=O) groups is 6.